The molecular formula is C13H20N2O3. The van der Waals surface area contributed by atoms with Crippen molar-refractivity contribution in [2.45, 2.75) is 32.9 Å². The summed E-state index contributed by atoms with van der Waals surface area (Å²) in [5.74, 6) is 0.190. The molecule has 0 aliphatic rings. The number of benzene rings is 1. The van der Waals surface area contributed by atoms with Gasteiger partial charge in [0.25, 0.3) is 5.69 Å². The Hall–Kier alpha value is -1.46. The number of rotatable bonds is 6. The Morgan fingerprint density at radius 1 is 1.39 bits per heavy atom. The maximum atomic E-state index is 10.7. The molecule has 0 fully saturated rings. The molecule has 5 heteroatoms. The van der Waals surface area contributed by atoms with E-state index in [4.69, 9.17) is 0 Å². The van der Waals surface area contributed by atoms with Crippen molar-refractivity contribution < 1.29 is 10.0 Å². The Morgan fingerprint density at radius 2 is 2.06 bits per heavy atom. The Bertz CT molecular complexity index is 407. The first-order valence-electron chi connectivity index (χ1n) is 6.07. The molecule has 0 amide bonds. The van der Waals surface area contributed by atoms with Crippen LogP contribution in [0.25, 0.3) is 0 Å². The predicted molar refractivity (Wildman–Crippen MR) is 70.4 cm³/mol. The summed E-state index contributed by atoms with van der Waals surface area (Å²) < 4.78 is 0. The number of aliphatic hydroxyl groups is 1. The van der Waals surface area contributed by atoms with Gasteiger partial charge in [-0.3, -0.25) is 10.1 Å². The number of hydrogen-bond donors (Lipinski definition) is 2. The van der Waals surface area contributed by atoms with E-state index in [1.807, 2.05) is 26.8 Å². The molecule has 0 aliphatic carbocycles. The minimum atomic E-state index is -0.411. The minimum absolute atomic E-state index is 0.0294. The summed E-state index contributed by atoms with van der Waals surface area (Å²) in [5.41, 5.74) is 0.936. The molecule has 0 aliphatic heterocycles. The number of nitrogens with one attached hydrogen (secondary N) is 1. The molecule has 2 N–H and O–H groups in total. The van der Waals surface area contributed by atoms with Gasteiger partial charge < -0.3 is 10.4 Å². The summed E-state index contributed by atoms with van der Waals surface area (Å²) in [7, 11) is 0. The van der Waals surface area contributed by atoms with Gasteiger partial charge in [-0.1, -0.05) is 26.0 Å². The molecule has 2 unspecified atom stereocenters. The topological polar surface area (TPSA) is 75.4 Å². The highest BCUT2D eigenvalue weighted by Gasteiger charge is 2.13. The van der Waals surface area contributed by atoms with Gasteiger partial charge in [-0.25, -0.2) is 0 Å². The second kappa shape index (κ2) is 6.47. The third-order valence-electron chi connectivity index (χ3n) is 2.98. The van der Waals surface area contributed by atoms with Gasteiger partial charge in [0.15, 0.2) is 0 Å². The van der Waals surface area contributed by atoms with E-state index in [0.717, 1.165) is 5.56 Å². The molecule has 0 saturated heterocycles. The minimum Gasteiger partial charge on any atom is -0.392 e. The summed E-state index contributed by atoms with van der Waals surface area (Å²) in [6.07, 6.45) is -0.411. The van der Waals surface area contributed by atoms with Crippen LogP contribution in [-0.4, -0.2) is 22.7 Å². The molecule has 1 aromatic carbocycles. The van der Waals surface area contributed by atoms with Crippen LogP contribution < -0.4 is 5.32 Å². The predicted octanol–water partition coefficient (Wildman–Crippen LogP) is 2.26. The Labute approximate surface area is 107 Å². The Balaban J connectivity index is 2.64. The van der Waals surface area contributed by atoms with Crippen molar-refractivity contribution in [2.75, 3.05) is 6.54 Å². The fourth-order valence-electron chi connectivity index (χ4n) is 1.56. The zero-order valence-electron chi connectivity index (χ0n) is 11.0. The number of nitrogens with zero attached hydrogens (tertiary/aromatic N) is 1. The molecule has 18 heavy (non-hydrogen) atoms. The highest BCUT2D eigenvalue weighted by atomic mass is 16.6. The molecule has 1 rings (SSSR count). The smallest absolute Gasteiger partial charge is 0.269 e. The number of nitro groups is 1. The summed E-state index contributed by atoms with van der Waals surface area (Å²) in [6, 6.07) is 6.51. The highest BCUT2D eigenvalue weighted by Crippen LogP contribution is 2.19. The summed E-state index contributed by atoms with van der Waals surface area (Å²) in [5, 5.41) is 23.5. The first kappa shape index (κ1) is 14.6. The van der Waals surface area contributed by atoms with Crippen molar-refractivity contribution in [1.82, 2.24) is 5.32 Å². The average Bonchev–Trinajstić information content (AvgIpc) is 2.35. The van der Waals surface area contributed by atoms with Gasteiger partial charge >= 0.3 is 0 Å². The number of nitro benzene ring substituents is 1. The fourth-order valence-corrected chi connectivity index (χ4v) is 1.56. The molecule has 1 aromatic rings. The van der Waals surface area contributed by atoms with E-state index in [1.54, 1.807) is 12.1 Å². The van der Waals surface area contributed by atoms with Crippen LogP contribution >= 0.6 is 0 Å². The van der Waals surface area contributed by atoms with Crippen LogP contribution in [0, 0.1) is 16.0 Å². The third kappa shape index (κ3) is 4.09. The number of aliphatic hydroxyl groups excluding tert-OH is 1. The van der Waals surface area contributed by atoms with E-state index in [-0.39, 0.29) is 17.6 Å². The second-order valence-corrected chi connectivity index (χ2v) is 4.79. The van der Waals surface area contributed by atoms with Gasteiger partial charge in [-0.15, -0.1) is 0 Å². The van der Waals surface area contributed by atoms with E-state index < -0.39 is 11.0 Å². The second-order valence-electron chi connectivity index (χ2n) is 4.79. The van der Waals surface area contributed by atoms with Crippen LogP contribution in [0.2, 0.25) is 0 Å². The lowest BCUT2D eigenvalue weighted by Gasteiger charge is -2.19. The monoisotopic (exact) mass is 252 g/mol. The summed E-state index contributed by atoms with van der Waals surface area (Å²) >= 11 is 0. The lowest BCUT2D eigenvalue weighted by Crippen LogP contribution is -2.32. The maximum absolute atomic E-state index is 10.7. The van der Waals surface area contributed by atoms with E-state index in [0.29, 0.717) is 6.54 Å². The van der Waals surface area contributed by atoms with Crippen molar-refractivity contribution in [1.29, 1.82) is 0 Å². The zero-order valence-corrected chi connectivity index (χ0v) is 11.0. The average molecular weight is 252 g/mol. The van der Waals surface area contributed by atoms with Gasteiger partial charge in [-0.2, -0.15) is 0 Å². The lowest BCUT2D eigenvalue weighted by molar-refractivity contribution is -0.384. The highest BCUT2D eigenvalue weighted by molar-refractivity contribution is 5.35. The van der Waals surface area contributed by atoms with E-state index in [2.05, 4.69) is 5.32 Å². The molecule has 5 nitrogen and oxygen atoms in total. The van der Waals surface area contributed by atoms with Crippen LogP contribution in [0.3, 0.4) is 0 Å². The molecule has 0 spiro atoms. The number of hydrogen-bond acceptors (Lipinski definition) is 4. The summed E-state index contributed by atoms with van der Waals surface area (Å²) in [6.45, 7) is 6.29. The van der Waals surface area contributed by atoms with Gasteiger partial charge in [0.2, 0.25) is 0 Å². The van der Waals surface area contributed by atoms with Crippen molar-refractivity contribution in [2.24, 2.45) is 5.92 Å². The van der Waals surface area contributed by atoms with Gasteiger partial charge in [0, 0.05) is 24.7 Å². The number of non-ortho nitro benzene ring substituents is 1. The molecular weight excluding hydrogens is 232 g/mol. The first-order chi connectivity index (χ1) is 8.41. The molecule has 0 aromatic heterocycles. The Kier molecular flexibility index (Phi) is 5.25. The first-order valence-corrected chi connectivity index (χ1v) is 6.07. The molecule has 0 saturated carbocycles. The van der Waals surface area contributed by atoms with Crippen LogP contribution in [0.15, 0.2) is 24.3 Å². The Morgan fingerprint density at radius 3 is 2.61 bits per heavy atom. The van der Waals surface area contributed by atoms with Gasteiger partial charge in [0.1, 0.15) is 0 Å². The summed E-state index contributed by atoms with van der Waals surface area (Å²) in [4.78, 5) is 10.3. The maximum Gasteiger partial charge on any atom is 0.269 e. The van der Waals surface area contributed by atoms with Crippen molar-refractivity contribution in [3.8, 4) is 0 Å². The zero-order chi connectivity index (χ0) is 13.7. The van der Waals surface area contributed by atoms with Gasteiger partial charge in [-0.05, 0) is 18.4 Å². The molecule has 0 bridgehead atoms. The van der Waals surface area contributed by atoms with Crippen molar-refractivity contribution in [3.05, 3.63) is 39.9 Å². The fraction of sp³-hybridized carbons (Fsp3) is 0.538. The van der Waals surface area contributed by atoms with Crippen molar-refractivity contribution in [3.63, 3.8) is 0 Å². The van der Waals surface area contributed by atoms with E-state index >= 15 is 0 Å². The van der Waals surface area contributed by atoms with Crippen LogP contribution in [0.1, 0.15) is 32.4 Å². The SMILES string of the molecule is CC(NCC(O)C(C)C)c1cccc([N+](=O)[O-])c1. The standard InChI is InChI=1S/C13H20N2O3/c1-9(2)13(16)8-14-10(3)11-5-4-6-12(7-11)15(17)18/h4-7,9-10,13-14,16H,8H2,1-3H3. The van der Waals surface area contributed by atoms with E-state index in [9.17, 15) is 15.2 Å². The van der Waals surface area contributed by atoms with Crippen LogP contribution in [-0.2, 0) is 0 Å². The molecule has 2 atom stereocenters. The van der Waals surface area contributed by atoms with E-state index in [1.165, 1.54) is 6.07 Å². The van der Waals surface area contributed by atoms with Crippen LogP contribution in [0.4, 0.5) is 5.69 Å². The normalized spacial score (nSPS) is 14.5. The third-order valence-corrected chi connectivity index (χ3v) is 2.98. The largest absolute Gasteiger partial charge is 0.392 e. The van der Waals surface area contributed by atoms with Crippen molar-refractivity contribution >= 4 is 5.69 Å². The molecule has 0 heterocycles. The van der Waals surface area contributed by atoms with Gasteiger partial charge in [0.05, 0.1) is 11.0 Å². The molecule has 0 radical (unpaired) electrons. The van der Waals surface area contributed by atoms with Crippen LogP contribution in [0.5, 0.6) is 0 Å². The quantitative estimate of drug-likeness (QED) is 0.601. The lowest BCUT2D eigenvalue weighted by atomic mass is 10.1. The molecule has 100 valence electrons.